The summed E-state index contributed by atoms with van der Waals surface area (Å²) < 4.78 is 0. The molecular formula is C28H25N3Si. The fourth-order valence-corrected chi connectivity index (χ4v) is 8.62. The van der Waals surface area contributed by atoms with Gasteiger partial charge in [-0.1, -0.05) is 97.6 Å². The van der Waals surface area contributed by atoms with Crippen molar-refractivity contribution in [1.82, 2.24) is 4.90 Å². The van der Waals surface area contributed by atoms with Crippen LogP contribution in [0.3, 0.4) is 0 Å². The molecule has 0 saturated heterocycles. The average molecular weight is 432 g/mol. The van der Waals surface area contributed by atoms with E-state index in [1.54, 1.807) is 0 Å². The van der Waals surface area contributed by atoms with E-state index in [1.807, 2.05) is 0 Å². The summed E-state index contributed by atoms with van der Waals surface area (Å²) >= 11 is 0. The van der Waals surface area contributed by atoms with Gasteiger partial charge in [-0.05, 0) is 33.8 Å². The molecule has 1 aliphatic carbocycles. The summed E-state index contributed by atoms with van der Waals surface area (Å²) in [6, 6.07) is 31.4. The molecule has 0 aromatic heterocycles. The lowest BCUT2D eigenvalue weighted by atomic mass is 10.1. The number of anilines is 1. The zero-order valence-electron chi connectivity index (χ0n) is 18.0. The summed E-state index contributed by atoms with van der Waals surface area (Å²) in [4.78, 5) is 9.55. The lowest BCUT2D eigenvalue weighted by molar-refractivity contribution is 0.335. The average Bonchev–Trinajstić information content (AvgIpc) is 3.44. The Labute approximate surface area is 190 Å². The minimum absolute atomic E-state index is 0.000116. The van der Waals surface area contributed by atoms with Gasteiger partial charge >= 0.3 is 0 Å². The van der Waals surface area contributed by atoms with Crippen molar-refractivity contribution >= 4 is 35.0 Å². The van der Waals surface area contributed by atoms with Crippen molar-refractivity contribution in [3.8, 4) is 0 Å². The maximum absolute atomic E-state index is 4.97. The highest BCUT2D eigenvalue weighted by atomic mass is 28.3. The Balaban J connectivity index is 1.36. The van der Waals surface area contributed by atoms with Crippen LogP contribution in [0.2, 0.25) is 6.55 Å². The Morgan fingerprint density at radius 3 is 2.00 bits per heavy atom. The van der Waals surface area contributed by atoms with Crippen LogP contribution in [-0.4, -0.2) is 31.0 Å². The van der Waals surface area contributed by atoms with E-state index in [9.17, 15) is 0 Å². The van der Waals surface area contributed by atoms with Crippen molar-refractivity contribution in [3.63, 3.8) is 0 Å². The Kier molecular flexibility index (Phi) is 4.47. The number of nitrogens with zero attached hydrogens (tertiary/aromatic N) is 3. The fourth-order valence-electron chi connectivity index (χ4n) is 5.07. The lowest BCUT2D eigenvalue weighted by Gasteiger charge is -2.31. The van der Waals surface area contributed by atoms with E-state index in [2.05, 4.69) is 138 Å². The van der Waals surface area contributed by atoms with E-state index >= 15 is 0 Å². The minimum atomic E-state index is -2.08. The summed E-state index contributed by atoms with van der Waals surface area (Å²) in [5, 5.41) is 4.27. The van der Waals surface area contributed by atoms with Crippen molar-refractivity contribution in [1.29, 1.82) is 0 Å². The molecular weight excluding hydrogens is 406 g/mol. The van der Waals surface area contributed by atoms with Crippen LogP contribution in [0.4, 0.5) is 5.69 Å². The molecule has 3 aromatic rings. The summed E-state index contributed by atoms with van der Waals surface area (Å²) in [6.45, 7) is 2.45. The monoisotopic (exact) mass is 431 g/mol. The van der Waals surface area contributed by atoms with Crippen LogP contribution >= 0.6 is 0 Å². The minimum Gasteiger partial charge on any atom is -0.325 e. The van der Waals surface area contributed by atoms with Gasteiger partial charge in [-0.15, -0.1) is 0 Å². The maximum atomic E-state index is 4.97. The quantitative estimate of drug-likeness (QED) is 0.464. The Morgan fingerprint density at radius 2 is 1.34 bits per heavy atom. The first kappa shape index (κ1) is 19.1. The van der Waals surface area contributed by atoms with Crippen LogP contribution in [0.5, 0.6) is 0 Å². The second-order valence-electron chi connectivity index (χ2n) is 8.65. The number of aliphatic imine (C=N–C) groups is 1. The van der Waals surface area contributed by atoms with E-state index in [-0.39, 0.29) is 12.3 Å². The van der Waals surface area contributed by atoms with Gasteiger partial charge in [0.15, 0.2) is 0 Å². The maximum Gasteiger partial charge on any atom is 0.203 e. The number of allylic oxidation sites excluding steroid dienone is 2. The van der Waals surface area contributed by atoms with Crippen LogP contribution in [0.15, 0.2) is 127 Å². The Morgan fingerprint density at radius 1 is 0.719 bits per heavy atom. The van der Waals surface area contributed by atoms with E-state index in [1.165, 1.54) is 21.2 Å². The first-order valence-electron chi connectivity index (χ1n) is 11.1. The molecule has 0 N–H and O–H groups in total. The molecule has 6 rings (SSSR count). The summed E-state index contributed by atoms with van der Waals surface area (Å²) in [7, 11) is -2.08. The number of rotatable bonds is 4. The molecule has 4 heteroatoms. The third-order valence-electron chi connectivity index (χ3n) is 6.92. The van der Waals surface area contributed by atoms with Gasteiger partial charge in [-0.2, -0.15) is 0 Å². The van der Waals surface area contributed by atoms with Crippen molar-refractivity contribution in [2.75, 3.05) is 4.90 Å². The molecule has 2 aliphatic heterocycles. The molecule has 0 fully saturated rings. The molecule has 2 atom stereocenters. The Hall–Kier alpha value is -3.63. The first-order valence-corrected chi connectivity index (χ1v) is 13.6. The topological polar surface area (TPSA) is 18.8 Å². The van der Waals surface area contributed by atoms with Gasteiger partial charge < -0.3 is 9.80 Å². The second-order valence-corrected chi connectivity index (χ2v) is 12.6. The highest BCUT2D eigenvalue weighted by Crippen LogP contribution is 2.32. The molecule has 0 saturated carbocycles. The van der Waals surface area contributed by atoms with Crippen LogP contribution in [0.25, 0.3) is 0 Å². The molecule has 32 heavy (non-hydrogen) atoms. The molecule has 0 amide bonds. The second kappa shape index (κ2) is 7.50. The van der Waals surface area contributed by atoms with Crippen molar-refractivity contribution < 1.29 is 0 Å². The molecule has 0 spiro atoms. The molecule has 3 nitrogen and oxygen atoms in total. The van der Waals surface area contributed by atoms with E-state index < -0.39 is 8.07 Å². The third kappa shape index (κ3) is 2.91. The third-order valence-corrected chi connectivity index (χ3v) is 11.4. The molecule has 0 radical (unpaired) electrons. The summed E-state index contributed by atoms with van der Waals surface area (Å²) in [6.07, 6.45) is 12.8. The number of hydrogen-bond donors (Lipinski definition) is 0. The zero-order chi connectivity index (χ0) is 21.5. The number of hydrogen-bond acceptors (Lipinski definition) is 3. The predicted octanol–water partition coefficient (Wildman–Crippen LogP) is 3.61. The van der Waals surface area contributed by atoms with Gasteiger partial charge in [0.2, 0.25) is 6.29 Å². The number of benzene rings is 3. The fraction of sp³-hybridized carbons (Fsp3) is 0.107. The van der Waals surface area contributed by atoms with Crippen LogP contribution in [0, 0.1) is 0 Å². The van der Waals surface area contributed by atoms with Gasteiger partial charge in [0.05, 0.1) is 11.8 Å². The van der Waals surface area contributed by atoms with Gasteiger partial charge in [-0.3, -0.25) is 0 Å². The van der Waals surface area contributed by atoms with E-state index in [0.717, 1.165) is 5.71 Å². The smallest absolute Gasteiger partial charge is 0.203 e. The van der Waals surface area contributed by atoms with Gasteiger partial charge in [0.25, 0.3) is 0 Å². The Bertz CT molecular complexity index is 1200. The highest BCUT2D eigenvalue weighted by Gasteiger charge is 2.39. The van der Waals surface area contributed by atoms with Crippen molar-refractivity contribution in [2.24, 2.45) is 4.99 Å². The molecule has 2 heterocycles. The molecule has 2 unspecified atom stereocenters. The predicted molar refractivity (Wildman–Crippen MR) is 137 cm³/mol. The standard InChI is InChI=1S/C28H25N3Si/c1-32(23-10-4-2-5-11-23,24-12-6-3-7-13-24)25-18-16-22(17-19-25)30-20-21-31-27-15-9-8-14-26(27)29-28(30)31/h2-21,27-28H,1H3. The lowest BCUT2D eigenvalue weighted by Crippen LogP contribution is -2.64. The van der Waals surface area contributed by atoms with Gasteiger partial charge in [-0.25, -0.2) is 4.99 Å². The largest absolute Gasteiger partial charge is 0.325 e. The van der Waals surface area contributed by atoms with E-state index in [4.69, 9.17) is 4.99 Å². The van der Waals surface area contributed by atoms with Crippen LogP contribution < -0.4 is 20.5 Å². The molecule has 3 aromatic carbocycles. The van der Waals surface area contributed by atoms with Gasteiger partial charge in [0.1, 0.15) is 8.07 Å². The molecule has 0 bridgehead atoms. The van der Waals surface area contributed by atoms with Gasteiger partial charge in [0, 0.05) is 18.1 Å². The van der Waals surface area contributed by atoms with Crippen LogP contribution in [0.1, 0.15) is 0 Å². The normalized spacial score (nSPS) is 21.0. The SMILES string of the molecule is C[Si](c1ccccc1)(c1ccccc1)c1ccc(N2C=CN3C4C=CC=CC4=NC23)cc1. The highest BCUT2D eigenvalue weighted by molar-refractivity contribution is 7.10. The van der Waals surface area contributed by atoms with E-state index in [0.29, 0.717) is 0 Å². The number of fused-ring (bicyclic) bond motifs is 3. The summed E-state index contributed by atoms with van der Waals surface area (Å²) in [5.74, 6) is 0. The first-order chi connectivity index (χ1) is 15.7. The molecule has 3 aliphatic rings. The van der Waals surface area contributed by atoms with Crippen molar-refractivity contribution in [2.45, 2.75) is 18.9 Å². The van der Waals surface area contributed by atoms with Crippen molar-refractivity contribution in [3.05, 3.63) is 122 Å². The van der Waals surface area contributed by atoms with Crippen LogP contribution in [-0.2, 0) is 0 Å². The molecule has 156 valence electrons. The summed E-state index contributed by atoms with van der Waals surface area (Å²) in [5.41, 5.74) is 2.31. The zero-order valence-corrected chi connectivity index (χ0v) is 19.0.